The van der Waals surface area contributed by atoms with Crippen molar-refractivity contribution < 1.29 is 18.8 Å². The van der Waals surface area contributed by atoms with Crippen molar-refractivity contribution in [3.8, 4) is 0 Å². The highest BCUT2D eigenvalue weighted by atomic mass is 32.1. The minimum atomic E-state index is -1.04. The van der Waals surface area contributed by atoms with Crippen LogP contribution in [0.3, 0.4) is 0 Å². The Kier molecular flexibility index (Phi) is 8.20. The average Bonchev–Trinajstić information content (AvgIpc) is 3.43. The zero-order valence-electron chi connectivity index (χ0n) is 19.2. The molecular weight excluding hydrogens is 467 g/mol. The molecule has 0 unspecified atom stereocenters. The van der Waals surface area contributed by atoms with Gasteiger partial charge >= 0.3 is 0 Å². The van der Waals surface area contributed by atoms with Crippen molar-refractivity contribution in [2.45, 2.75) is 44.2 Å². The first-order chi connectivity index (χ1) is 17.0. The molecule has 35 heavy (non-hydrogen) atoms. The van der Waals surface area contributed by atoms with E-state index in [1.54, 1.807) is 42.0 Å². The lowest BCUT2D eigenvalue weighted by Crippen LogP contribution is -2.49. The number of rotatable bonds is 8. The zero-order chi connectivity index (χ0) is 24.6. The summed E-state index contributed by atoms with van der Waals surface area (Å²) in [5.41, 5.74) is 0.859. The fourth-order valence-electron chi connectivity index (χ4n) is 4.26. The molecule has 3 amide bonds. The Balaban J connectivity index is 1.65. The normalized spacial score (nSPS) is 14.7. The number of aromatic nitrogens is 1. The molecule has 1 aliphatic rings. The Morgan fingerprint density at radius 3 is 2.49 bits per heavy atom. The van der Waals surface area contributed by atoms with Gasteiger partial charge in [-0.2, -0.15) is 0 Å². The van der Waals surface area contributed by atoms with E-state index in [1.165, 1.54) is 40.5 Å². The van der Waals surface area contributed by atoms with Gasteiger partial charge in [-0.15, -0.1) is 11.3 Å². The van der Waals surface area contributed by atoms with Gasteiger partial charge in [0.25, 0.3) is 5.91 Å². The van der Waals surface area contributed by atoms with E-state index in [0.29, 0.717) is 16.1 Å². The van der Waals surface area contributed by atoms with Crippen LogP contribution in [0, 0.1) is 5.82 Å². The monoisotopic (exact) mass is 494 g/mol. The number of nitrogens with zero attached hydrogens (tertiary/aromatic N) is 2. The number of amides is 3. The number of carbonyl (C=O) groups excluding carboxylic acids is 3. The number of halogens is 1. The smallest absolute Gasteiger partial charge is 0.261 e. The van der Waals surface area contributed by atoms with Gasteiger partial charge in [0.05, 0.1) is 11.4 Å². The highest BCUT2D eigenvalue weighted by molar-refractivity contribution is 7.12. The number of carbonyl (C=O) groups is 3. The Morgan fingerprint density at radius 1 is 1.06 bits per heavy atom. The van der Waals surface area contributed by atoms with Gasteiger partial charge in [-0.25, -0.2) is 4.39 Å². The second kappa shape index (κ2) is 11.7. The molecule has 1 aromatic carbocycles. The average molecular weight is 495 g/mol. The maximum Gasteiger partial charge on any atom is 0.261 e. The molecule has 1 aliphatic carbocycles. The maximum atomic E-state index is 13.7. The number of pyridine rings is 1. The third-order valence-electron chi connectivity index (χ3n) is 5.98. The third-order valence-corrected chi connectivity index (χ3v) is 6.85. The summed E-state index contributed by atoms with van der Waals surface area (Å²) in [5, 5.41) is 7.51. The van der Waals surface area contributed by atoms with E-state index in [1.807, 2.05) is 0 Å². The van der Waals surface area contributed by atoms with E-state index in [4.69, 9.17) is 0 Å². The van der Waals surface area contributed by atoms with E-state index in [2.05, 4.69) is 15.6 Å². The molecule has 7 nitrogen and oxygen atoms in total. The van der Waals surface area contributed by atoms with Gasteiger partial charge in [0.15, 0.2) is 0 Å². The number of thiophene rings is 1. The molecule has 2 heterocycles. The predicted molar refractivity (Wildman–Crippen MR) is 133 cm³/mol. The SMILES string of the molecule is O=C(NCC(=O)N(c1ccc(F)cc1)[C@H](C(=O)NC1CCCCC1)c1cccnc1)c1cccs1. The van der Waals surface area contributed by atoms with Crippen LogP contribution in [-0.2, 0) is 9.59 Å². The Hall–Kier alpha value is -3.59. The lowest BCUT2D eigenvalue weighted by atomic mass is 9.94. The summed E-state index contributed by atoms with van der Waals surface area (Å²) in [7, 11) is 0. The zero-order valence-corrected chi connectivity index (χ0v) is 20.0. The molecule has 3 aromatic rings. The topological polar surface area (TPSA) is 91.4 Å². The summed E-state index contributed by atoms with van der Waals surface area (Å²) in [6, 6.07) is 11.2. The van der Waals surface area contributed by atoms with Crippen LogP contribution in [0.1, 0.15) is 53.4 Å². The fourth-order valence-corrected chi connectivity index (χ4v) is 4.90. The molecule has 1 saturated carbocycles. The highest BCUT2D eigenvalue weighted by Crippen LogP contribution is 2.29. The van der Waals surface area contributed by atoms with E-state index in [0.717, 1.165) is 32.1 Å². The first-order valence-electron chi connectivity index (χ1n) is 11.6. The van der Waals surface area contributed by atoms with E-state index < -0.39 is 17.8 Å². The number of hydrogen-bond acceptors (Lipinski definition) is 5. The van der Waals surface area contributed by atoms with Crippen molar-refractivity contribution in [2.24, 2.45) is 0 Å². The highest BCUT2D eigenvalue weighted by Gasteiger charge is 2.34. The molecule has 2 aromatic heterocycles. The minimum Gasteiger partial charge on any atom is -0.351 e. The van der Waals surface area contributed by atoms with Gasteiger partial charge in [-0.3, -0.25) is 24.3 Å². The summed E-state index contributed by atoms with van der Waals surface area (Å²) < 4.78 is 13.7. The molecule has 4 rings (SSSR count). The van der Waals surface area contributed by atoms with Crippen LogP contribution in [-0.4, -0.2) is 35.3 Å². The molecular formula is C26H27FN4O3S. The van der Waals surface area contributed by atoms with Crippen LogP contribution >= 0.6 is 11.3 Å². The first kappa shape index (κ1) is 24.5. The Morgan fingerprint density at radius 2 is 1.83 bits per heavy atom. The summed E-state index contributed by atoms with van der Waals surface area (Å²) in [5.74, 6) is -1.69. The van der Waals surface area contributed by atoms with Crippen molar-refractivity contribution in [1.29, 1.82) is 0 Å². The molecule has 0 bridgehead atoms. The lowest BCUT2D eigenvalue weighted by molar-refractivity contribution is -0.127. The van der Waals surface area contributed by atoms with Crippen LogP contribution in [0.5, 0.6) is 0 Å². The van der Waals surface area contributed by atoms with Crippen molar-refractivity contribution in [1.82, 2.24) is 15.6 Å². The van der Waals surface area contributed by atoms with Crippen molar-refractivity contribution in [3.63, 3.8) is 0 Å². The number of anilines is 1. The van der Waals surface area contributed by atoms with Gasteiger partial charge in [0.2, 0.25) is 11.8 Å². The van der Waals surface area contributed by atoms with Crippen molar-refractivity contribution in [3.05, 3.63) is 82.6 Å². The van der Waals surface area contributed by atoms with Gasteiger partial charge in [0.1, 0.15) is 11.9 Å². The van der Waals surface area contributed by atoms with E-state index in [9.17, 15) is 18.8 Å². The number of benzene rings is 1. The minimum absolute atomic E-state index is 0.0270. The lowest BCUT2D eigenvalue weighted by Gasteiger charge is -2.33. The largest absolute Gasteiger partial charge is 0.351 e. The number of hydrogen-bond donors (Lipinski definition) is 2. The molecule has 0 aliphatic heterocycles. The van der Waals surface area contributed by atoms with Crippen molar-refractivity contribution >= 4 is 34.7 Å². The van der Waals surface area contributed by atoms with Gasteiger partial charge in [-0.1, -0.05) is 31.4 Å². The van der Waals surface area contributed by atoms with Crippen LogP contribution in [0.25, 0.3) is 0 Å². The molecule has 0 spiro atoms. The number of nitrogens with one attached hydrogen (secondary N) is 2. The van der Waals surface area contributed by atoms with Crippen LogP contribution in [0.15, 0.2) is 66.3 Å². The van der Waals surface area contributed by atoms with Crippen LogP contribution in [0.4, 0.5) is 10.1 Å². The molecule has 1 fully saturated rings. The molecule has 0 radical (unpaired) electrons. The maximum absolute atomic E-state index is 13.7. The van der Waals surface area contributed by atoms with Crippen LogP contribution < -0.4 is 15.5 Å². The second-order valence-corrected chi connectivity index (χ2v) is 9.38. The standard InChI is InChI=1S/C26H27FN4O3S/c27-19-10-12-21(13-11-19)31(23(32)17-29-25(33)22-9-5-15-35-22)24(18-6-4-14-28-16-18)26(34)30-20-7-2-1-3-8-20/h4-6,9-16,20,24H,1-3,7-8,17H2,(H,29,33)(H,30,34)/t24-/m0/s1. The summed E-state index contributed by atoms with van der Waals surface area (Å²) in [4.78, 5) is 45.5. The molecule has 0 saturated heterocycles. The summed E-state index contributed by atoms with van der Waals surface area (Å²) >= 11 is 1.27. The molecule has 182 valence electrons. The molecule has 9 heteroatoms. The molecule has 1 atom stereocenters. The van der Waals surface area contributed by atoms with Gasteiger partial charge < -0.3 is 10.6 Å². The van der Waals surface area contributed by atoms with Crippen molar-refractivity contribution in [2.75, 3.05) is 11.4 Å². The van der Waals surface area contributed by atoms with E-state index in [-0.39, 0.29) is 24.4 Å². The molecule has 2 N–H and O–H groups in total. The second-order valence-electron chi connectivity index (χ2n) is 8.43. The third kappa shape index (κ3) is 6.30. The van der Waals surface area contributed by atoms with E-state index >= 15 is 0 Å². The van der Waals surface area contributed by atoms with Gasteiger partial charge in [0, 0.05) is 29.7 Å². The first-order valence-corrected chi connectivity index (χ1v) is 12.5. The quantitative estimate of drug-likeness (QED) is 0.490. The summed E-state index contributed by atoms with van der Waals surface area (Å²) in [6.07, 6.45) is 8.11. The van der Waals surface area contributed by atoms with Crippen LogP contribution in [0.2, 0.25) is 0 Å². The Labute approximate surface area is 207 Å². The summed E-state index contributed by atoms with van der Waals surface area (Å²) in [6.45, 7) is -0.332. The predicted octanol–water partition coefficient (Wildman–Crippen LogP) is 4.24. The Bertz CT molecular complexity index is 1130. The fraction of sp³-hybridized carbons (Fsp3) is 0.308. The van der Waals surface area contributed by atoms with Gasteiger partial charge in [-0.05, 0) is 54.6 Å².